The van der Waals surface area contributed by atoms with Gasteiger partial charge in [0, 0.05) is 30.1 Å². The maximum absolute atomic E-state index is 9.57. The molecule has 1 aliphatic heterocycles. The minimum Gasteiger partial charge on any atom is -0.508 e. The maximum Gasteiger partial charge on any atom is 0.117 e. The zero-order valence-corrected chi connectivity index (χ0v) is 10.8. The Bertz CT molecular complexity index is 451. The lowest BCUT2D eigenvalue weighted by Crippen LogP contribution is -2.42. The number of rotatable bonds is 1. The van der Waals surface area contributed by atoms with Crippen molar-refractivity contribution in [1.29, 1.82) is 0 Å². The number of anilines is 1. The topological polar surface area (TPSA) is 23.5 Å². The molecule has 0 aromatic heterocycles. The lowest BCUT2D eigenvalue weighted by molar-refractivity contribution is 0.474. The number of phenols is 1. The van der Waals surface area contributed by atoms with Gasteiger partial charge in [0.05, 0.1) is 5.54 Å². The van der Waals surface area contributed by atoms with E-state index in [2.05, 4.69) is 37.5 Å². The lowest BCUT2D eigenvalue weighted by Gasteiger charge is -2.41. The Hall–Kier alpha value is -1.09. The highest BCUT2D eigenvalue weighted by Gasteiger charge is 2.29. The van der Waals surface area contributed by atoms with E-state index in [4.69, 9.17) is 0 Å². The van der Waals surface area contributed by atoms with Gasteiger partial charge in [0.2, 0.25) is 0 Å². The monoisotopic (exact) mass is 235 g/mol. The molecule has 0 fully saturated rings. The Balaban J connectivity index is 2.64. The van der Waals surface area contributed by atoms with Crippen LogP contribution >= 0.6 is 12.6 Å². The molecule has 1 aromatic carbocycles. The Kier molecular flexibility index (Phi) is 2.66. The van der Waals surface area contributed by atoms with Crippen LogP contribution in [-0.4, -0.2) is 23.4 Å². The van der Waals surface area contributed by atoms with Gasteiger partial charge in [-0.1, -0.05) is 6.08 Å². The Morgan fingerprint density at radius 3 is 2.69 bits per heavy atom. The van der Waals surface area contributed by atoms with E-state index < -0.39 is 0 Å². The summed E-state index contributed by atoms with van der Waals surface area (Å²) in [5, 5.41) is 9.57. The quantitative estimate of drug-likeness (QED) is 0.731. The zero-order chi connectivity index (χ0) is 11.9. The molecule has 1 aliphatic rings. The normalized spacial score (nSPS) is 18.0. The van der Waals surface area contributed by atoms with Gasteiger partial charge in [0.15, 0.2) is 0 Å². The number of likely N-dealkylation sites (N-methyl/N-ethyl adjacent to an activating group) is 1. The molecule has 86 valence electrons. The molecule has 0 radical (unpaired) electrons. The summed E-state index contributed by atoms with van der Waals surface area (Å²) >= 11 is 4.37. The fourth-order valence-corrected chi connectivity index (χ4v) is 2.37. The van der Waals surface area contributed by atoms with Crippen molar-refractivity contribution >= 4 is 23.9 Å². The molecule has 0 amide bonds. The molecule has 1 heterocycles. The highest BCUT2D eigenvalue weighted by Crippen LogP contribution is 2.39. The van der Waals surface area contributed by atoms with Crippen molar-refractivity contribution in [3.63, 3.8) is 0 Å². The van der Waals surface area contributed by atoms with Gasteiger partial charge in [-0.3, -0.25) is 0 Å². The molecule has 0 spiro atoms. The first-order valence-electron chi connectivity index (χ1n) is 5.35. The first-order chi connectivity index (χ1) is 7.45. The number of nitrogens with zero attached hydrogens (tertiary/aromatic N) is 1. The molecule has 0 saturated carbocycles. The molecule has 3 heteroatoms. The predicted molar refractivity (Wildman–Crippen MR) is 72.4 cm³/mol. The number of benzene rings is 1. The standard InChI is InChI=1S/C13H17NOS/c1-13(2)7-9(8-16)11-5-4-10(15)6-12(11)14(13)3/h4-7,15-16H,8H2,1-3H3. The van der Waals surface area contributed by atoms with E-state index in [1.165, 1.54) is 5.57 Å². The lowest BCUT2D eigenvalue weighted by atomic mass is 9.89. The summed E-state index contributed by atoms with van der Waals surface area (Å²) in [6.07, 6.45) is 2.24. The Morgan fingerprint density at radius 2 is 2.06 bits per heavy atom. The van der Waals surface area contributed by atoms with Crippen LogP contribution in [0.3, 0.4) is 0 Å². The average Bonchev–Trinajstić information content (AvgIpc) is 2.24. The highest BCUT2D eigenvalue weighted by molar-refractivity contribution is 7.80. The number of aromatic hydroxyl groups is 1. The van der Waals surface area contributed by atoms with Crippen LogP contribution in [0.15, 0.2) is 24.3 Å². The molecule has 1 aromatic rings. The van der Waals surface area contributed by atoms with Gasteiger partial charge >= 0.3 is 0 Å². The van der Waals surface area contributed by atoms with Crippen molar-refractivity contribution in [2.24, 2.45) is 0 Å². The minimum absolute atomic E-state index is 0.0428. The summed E-state index contributed by atoms with van der Waals surface area (Å²) < 4.78 is 0. The number of hydrogen-bond acceptors (Lipinski definition) is 3. The molecule has 16 heavy (non-hydrogen) atoms. The second-order valence-electron chi connectivity index (χ2n) is 4.74. The molecule has 0 atom stereocenters. The molecule has 0 saturated heterocycles. The van der Waals surface area contributed by atoms with E-state index in [-0.39, 0.29) is 5.54 Å². The molecule has 2 rings (SSSR count). The van der Waals surface area contributed by atoms with E-state index in [1.807, 2.05) is 19.2 Å². The fourth-order valence-electron chi connectivity index (χ4n) is 2.11. The van der Waals surface area contributed by atoms with Crippen LogP contribution in [0.1, 0.15) is 19.4 Å². The van der Waals surface area contributed by atoms with Gasteiger partial charge in [-0.05, 0) is 31.6 Å². The highest BCUT2D eigenvalue weighted by atomic mass is 32.1. The van der Waals surface area contributed by atoms with E-state index >= 15 is 0 Å². The van der Waals surface area contributed by atoms with Crippen LogP contribution in [0.25, 0.3) is 5.57 Å². The van der Waals surface area contributed by atoms with Crippen LogP contribution in [0, 0.1) is 0 Å². The van der Waals surface area contributed by atoms with Crippen molar-refractivity contribution in [1.82, 2.24) is 0 Å². The second-order valence-corrected chi connectivity index (χ2v) is 5.06. The van der Waals surface area contributed by atoms with Crippen LogP contribution in [0.5, 0.6) is 5.75 Å². The largest absolute Gasteiger partial charge is 0.508 e. The predicted octanol–water partition coefficient (Wildman–Crippen LogP) is 2.93. The van der Waals surface area contributed by atoms with Gasteiger partial charge in [0.25, 0.3) is 0 Å². The summed E-state index contributed by atoms with van der Waals surface area (Å²) in [7, 11) is 2.05. The van der Waals surface area contributed by atoms with Gasteiger partial charge in [-0.2, -0.15) is 12.6 Å². The molecule has 0 aliphatic carbocycles. The summed E-state index contributed by atoms with van der Waals surface area (Å²) in [6.45, 7) is 4.31. The summed E-state index contributed by atoms with van der Waals surface area (Å²) in [4.78, 5) is 2.18. The summed E-state index contributed by atoms with van der Waals surface area (Å²) in [5.41, 5.74) is 3.41. The maximum atomic E-state index is 9.57. The summed E-state index contributed by atoms with van der Waals surface area (Å²) in [6, 6.07) is 5.49. The molecule has 0 bridgehead atoms. The first kappa shape index (κ1) is 11.4. The third kappa shape index (κ3) is 1.69. The summed E-state index contributed by atoms with van der Waals surface area (Å²) in [5.74, 6) is 1.02. The van der Waals surface area contributed by atoms with Crippen molar-refractivity contribution in [3.05, 3.63) is 29.8 Å². The van der Waals surface area contributed by atoms with Crippen LogP contribution < -0.4 is 4.90 Å². The van der Waals surface area contributed by atoms with Gasteiger partial charge in [-0.15, -0.1) is 0 Å². The number of hydrogen-bond donors (Lipinski definition) is 2. The van der Waals surface area contributed by atoms with Crippen LogP contribution in [0.2, 0.25) is 0 Å². The smallest absolute Gasteiger partial charge is 0.117 e. The van der Waals surface area contributed by atoms with Crippen molar-refractivity contribution < 1.29 is 5.11 Å². The zero-order valence-electron chi connectivity index (χ0n) is 9.86. The fraction of sp³-hybridized carbons (Fsp3) is 0.385. The van der Waals surface area contributed by atoms with Crippen LogP contribution in [-0.2, 0) is 0 Å². The van der Waals surface area contributed by atoms with Gasteiger partial charge in [0.1, 0.15) is 5.75 Å². The minimum atomic E-state index is -0.0428. The van der Waals surface area contributed by atoms with Crippen molar-refractivity contribution in [2.75, 3.05) is 17.7 Å². The molecular weight excluding hydrogens is 218 g/mol. The Morgan fingerprint density at radius 1 is 1.38 bits per heavy atom. The number of fused-ring (bicyclic) bond motifs is 1. The first-order valence-corrected chi connectivity index (χ1v) is 5.99. The third-order valence-electron chi connectivity index (χ3n) is 3.25. The molecule has 0 unspecified atom stereocenters. The van der Waals surface area contributed by atoms with Gasteiger partial charge < -0.3 is 10.0 Å². The third-order valence-corrected chi connectivity index (χ3v) is 3.59. The average molecular weight is 235 g/mol. The van der Waals surface area contributed by atoms with E-state index in [9.17, 15) is 5.11 Å². The van der Waals surface area contributed by atoms with E-state index in [1.54, 1.807) is 6.07 Å². The second kappa shape index (κ2) is 3.74. The number of thiol groups is 1. The molecule has 1 N–H and O–H groups in total. The van der Waals surface area contributed by atoms with E-state index in [0.29, 0.717) is 5.75 Å². The van der Waals surface area contributed by atoms with Crippen LogP contribution in [0.4, 0.5) is 5.69 Å². The SMILES string of the molecule is CN1c2cc(O)ccc2C(CS)=CC1(C)C. The molecular formula is C13H17NOS. The number of phenolic OH excluding ortho intramolecular Hbond substituents is 1. The Labute approximate surface area is 102 Å². The van der Waals surface area contributed by atoms with Gasteiger partial charge in [-0.25, -0.2) is 0 Å². The van der Waals surface area contributed by atoms with Crippen molar-refractivity contribution in [2.45, 2.75) is 19.4 Å². The molecule has 2 nitrogen and oxygen atoms in total. The van der Waals surface area contributed by atoms with E-state index in [0.717, 1.165) is 17.0 Å². The van der Waals surface area contributed by atoms with Crippen molar-refractivity contribution in [3.8, 4) is 5.75 Å².